The van der Waals surface area contributed by atoms with Crippen molar-refractivity contribution >= 4 is 11.6 Å². The average Bonchev–Trinajstić information content (AvgIpc) is 2.73. The minimum Gasteiger partial charge on any atom is -0.493 e. The molecule has 29 heavy (non-hydrogen) atoms. The van der Waals surface area contributed by atoms with Crippen LogP contribution in [-0.4, -0.2) is 43.6 Å². The largest absolute Gasteiger partial charge is 0.493 e. The van der Waals surface area contributed by atoms with Crippen LogP contribution in [0, 0.1) is 11.7 Å². The molecule has 3 aliphatic rings. The Hall–Kier alpha value is -2.60. The summed E-state index contributed by atoms with van der Waals surface area (Å²) in [4.78, 5) is 14.9. The number of halogens is 1. The molecule has 6 heteroatoms. The van der Waals surface area contributed by atoms with Crippen LogP contribution in [-0.2, 0) is 5.41 Å². The third kappa shape index (κ3) is 2.89. The molecule has 0 radical (unpaired) electrons. The Morgan fingerprint density at radius 3 is 2.79 bits per heavy atom. The first-order valence-corrected chi connectivity index (χ1v) is 10.3. The molecule has 5 nitrogen and oxygen atoms in total. The van der Waals surface area contributed by atoms with E-state index in [0.29, 0.717) is 23.5 Å². The van der Waals surface area contributed by atoms with Crippen LogP contribution < -0.4 is 15.4 Å². The van der Waals surface area contributed by atoms with Crippen LogP contribution in [0.15, 0.2) is 36.4 Å². The Labute approximate surface area is 170 Å². The minimum atomic E-state index is -0.273. The number of ether oxygens (including phenoxy) is 1. The van der Waals surface area contributed by atoms with Gasteiger partial charge in [0.1, 0.15) is 11.6 Å². The lowest BCUT2D eigenvalue weighted by Gasteiger charge is -2.48. The summed E-state index contributed by atoms with van der Waals surface area (Å²) in [7, 11) is 0. The van der Waals surface area contributed by atoms with E-state index in [4.69, 9.17) is 4.74 Å². The second-order valence-corrected chi connectivity index (χ2v) is 8.72. The molecule has 2 aromatic carbocycles. The molecule has 152 valence electrons. The molecule has 1 saturated heterocycles. The number of amides is 1. The number of rotatable bonds is 1. The molecule has 0 bridgehead atoms. The summed E-state index contributed by atoms with van der Waals surface area (Å²) in [5.74, 6) is 0.505. The summed E-state index contributed by atoms with van der Waals surface area (Å²) < 4.78 is 20.6. The Morgan fingerprint density at radius 2 is 2.00 bits per heavy atom. The second kappa shape index (κ2) is 6.73. The average molecular weight is 395 g/mol. The van der Waals surface area contributed by atoms with Crippen LogP contribution in [0.5, 0.6) is 5.75 Å². The zero-order valence-electron chi connectivity index (χ0n) is 16.8. The number of fused-ring (bicyclic) bond motifs is 4. The van der Waals surface area contributed by atoms with Crippen molar-refractivity contribution in [1.82, 2.24) is 10.2 Å². The lowest BCUT2D eigenvalue weighted by atomic mass is 9.65. The molecule has 1 fully saturated rings. The van der Waals surface area contributed by atoms with Crippen molar-refractivity contribution < 1.29 is 13.9 Å². The van der Waals surface area contributed by atoms with Crippen LogP contribution in [0.3, 0.4) is 0 Å². The van der Waals surface area contributed by atoms with Crippen molar-refractivity contribution in [3.8, 4) is 5.75 Å². The van der Waals surface area contributed by atoms with Gasteiger partial charge in [0.15, 0.2) is 0 Å². The minimum absolute atomic E-state index is 0.0592. The van der Waals surface area contributed by atoms with E-state index in [1.165, 1.54) is 6.07 Å². The van der Waals surface area contributed by atoms with E-state index in [9.17, 15) is 9.18 Å². The molecule has 0 saturated carbocycles. The number of carbonyl (C=O) groups excluding carboxylic acids is 1. The Kier molecular flexibility index (Phi) is 4.28. The van der Waals surface area contributed by atoms with E-state index in [1.807, 2.05) is 29.2 Å². The highest BCUT2D eigenvalue weighted by Gasteiger charge is 2.47. The van der Waals surface area contributed by atoms with Crippen molar-refractivity contribution in [1.29, 1.82) is 0 Å². The summed E-state index contributed by atoms with van der Waals surface area (Å²) in [6.45, 7) is 7.96. The van der Waals surface area contributed by atoms with Gasteiger partial charge in [-0.1, -0.05) is 19.9 Å². The van der Waals surface area contributed by atoms with E-state index in [-0.39, 0.29) is 29.1 Å². The third-order valence-electron chi connectivity index (χ3n) is 6.75. The molecule has 5 rings (SSSR count). The van der Waals surface area contributed by atoms with Gasteiger partial charge in [-0.3, -0.25) is 4.79 Å². The zero-order valence-corrected chi connectivity index (χ0v) is 16.8. The summed E-state index contributed by atoms with van der Waals surface area (Å²) >= 11 is 0. The van der Waals surface area contributed by atoms with Gasteiger partial charge >= 0.3 is 0 Å². The van der Waals surface area contributed by atoms with Crippen LogP contribution in [0.2, 0.25) is 0 Å². The van der Waals surface area contributed by atoms with Gasteiger partial charge in [0, 0.05) is 48.8 Å². The topological polar surface area (TPSA) is 53.6 Å². The molecule has 3 aliphatic heterocycles. The van der Waals surface area contributed by atoms with E-state index in [0.717, 1.165) is 37.4 Å². The van der Waals surface area contributed by atoms with Crippen LogP contribution in [0.4, 0.5) is 10.1 Å². The predicted molar refractivity (Wildman–Crippen MR) is 110 cm³/mol. The van der Waals surface area contributed by atoms with Gasteiger partial charge in [0.05, 0.1) is 18.2 Å². The highest BCUT2D eigenvalue weighted by atomic mass is 19.1. The number of nitrogens with one attached hydrogen (secondary N) is 2. The van der Waals surface area contributed by atoms with E-state index in [2.05, 4.69) is 24.5 Å². The first-order valence-electron chi connectivity index (χ1n) is 10.3. The summed E-state index contributed by atoms with van der Waals surface area (Å²) in [5, 5.41) is 6.82. The van der Waals surface area contributed by atoms with Crippen molar-refractivity contribution in [2.75, 3.05) is 38.1 Å². The molecular weight excluding hydrogens is 369 g/mol. The van der Waals surface area contributed by atoms with Crippen molar-refractivity contribution in [3.63, 3.8) is 0 Å². The maximum absolute atomic E-state index is 14.7. The number of hydrogen-bond acceptors (Lipinski definition) is 4. The molecule has 0 aliphatic carbocycles. The zero-order chi connectivity index (χ0) is 20.2. The van der Waals surface area contributed by atoms with Gasteiger partial charge < -0.3 is 20.3 Å². The van der Waals surface area contributed by atoms with Gasteiger partial charge in [-0.15, -0.1) is 0 Å². The van der Waals surface area contributed by atoms with Gasteiger partial charge in [-0.25, -0.2) is 4.39 Å². The Bertz CT molecular complexity index is 969. The number of hydrogen-bond donors (Lipinski definition) is 2. The molecule has 2 N–H and O–H groups in total. The molecule has 2 aromatic rings. The number of carbonyl (C=O) groups is 1. The summed E-state index contributed by atoms with van der Waals surface area (Å²) in [6.07, 6.45) is 0. The summed E-state index contributed by atoms with van der Waals surface area (Å²) in [5.41, 5.74) is 3.09. The fourth-order valence-electron chi connectivity index (χ4n) is 4.97. The SMILES string of the molecule is CC1(C)c2cc(C(=O)N3CCNCC3)ccc2N[C@@H]2c3c(F)cccc3OC[C@H]21. The standard InChI is InChI=1S/C23H26FN3O2/c1-23(2)15-12-14(22(28)27-10-8-25-9-11-27)6-7-18(15)26-21-16(23)13-29-19-5-3-4-17(24)20(19)21/h3-7,12,16,21,25-26H,8-11,13H2,1-2H3/t16-,21+/m1/s1. The van der Waals surface area contributed by atoms with E-state index >= 15 is 0 Å². The highest BCUT2D eigenvalue weighted by Crippen LogP contribution is 2.52. The van der Waals surface area contributed by atoms with Gasteiger partial charge in [-0.2, -0.15) is 0 Å². The molecule has 0 unspecified atom stereocenters. The highest BCUT2D eigenvalue weighted by molar-refractivity contribution is 5.95. The van der Waals surface area contributed by atoms with Crippen LogP contribution >= 0.6 is 0 Å². The Balaban J connectivity index is 1.53. The number of anilines is 1. The second-order valence-electron chi connectivity index (χ2n) is 8.72. The predicted octanol–water partition coefficient (Wildman–Crippen LogP) is 3.32. The van der Waals surface area contributed by atoms with Crippen molar-refractivity contribution in [2.45, 2.75) is 25.3 Å². The molecular formula is C23H26FN3O2. The number of nitrogens with zero attached hydrogens (tertiary/aromatic N) is 1. The molecule has 0 spiro atoms. The Morgan fingerprint density at radius 1 is 1.21 bits per heavy atom. The maximum Gasteiger partial charge on any atom is 0.253 e. The van der Waals surface area contributed by atoms with E-state index in [1.54, 1.807) is 6.07 Å². The third-order valence-corrected chi connectivity index (χ3v) is 6.75. The first-order chi connectivity index (χ1) is 14.0. The fraction of sp³-hybridized carbons (Fsp3) is 0.435. The molecule has 3 heterocycles. The molecule has 1 amide bonds. The first kappa shape index (κ1) is 18.4. The van der Waals surface area contributed by atoms with Crippen LogP contribution in [0.25, 0.3) is 0 Å². The van der Waals surface area contributed by atoms with Gasteiger partial charge in [0.25, 0.3) is 5.91 Å². The molecule has 0 aromatic heterocycles. The lowest BCUT2D eigenvalue weighted by molar-refractivity contribution is 0.0735. The normalized spacial score (nSPS) is 24.4. The van der Waals surface area contributed by atoms with Gasteiger partial charge in [-0.05, 0) is 35.9 Å². The van der Waals surface area contributed by atoms with Crippen molar-refractivity contribution in [2.24, 2.45) is 5.92 Å². The van der Waals surface area contributed by atoms with Gasteiger partial charge in [0.2, 0.25) is 0 Å². The van der Waals surface area contributed by atoms with Crippen molar-refractivity contribution in [3.05, 3.63) is 58.9 Å². The van der Waals surface area contributed by atoms with Crippen LogP contribution in [0.1, 0.15) is 41.4 Å². The smallest absolute Gasteiger partial charge is 0.253 e. The molecule has 2 atom stereocenters. The quantitative estimate of drug-likeness (QED) is 0.778. The lowest BCUT2D eigenvalue weighted by Crippen LogP contribution is -2.47. The number of benzene rings is 2. The fourth-order valence-corrected chi connectivity index (χ4v) is 4.97. The van der Waals surface area contributed by atoms with E-state index < -0.39 is 0 Å². The monoisotopic (exact) mass is 395 g/mol. The summed E-state index contributed by atoms with van der Waals surface area (Å²) in [6, 6.07) is 10.7. The number of piperazine rings is 1. The maximum atomic E-state index is 14.7.